The van der Waals surface area contributed by atoms with E-state index in [0.717, 1.165) is 17.7 Å². The molecule has 3 rings (SSSR count). The molecule has 7 heteroatoms. The molecule has 1 aliphatic heterocycles. The molecule has 2 aromatic rings. The minimum Gasteiger partial charge on any atom is -0.376 e. The molecule has 2 amide bonds. The number of amides is 2. The number of halogens is 1. The van der Waals surface area contributed by atoms with Crippen molar-refractivity contribution in [2.45, 2.75) is 26.4 Å². The first-order chi connectivity index (χ1) is 10.7. The fourth-order valence-electron chi connectivity index (χ4n) is 2.40. The Bertz CT molecular complexity index is 699. The lowest BCUT2D eigenvalue weighted by atomic mass is 10.1. The standard InChI is InChI=1S/C15H17FN4O2/c1-2-9-3-4-10(7-12(9)16)17-15(21)18-14-11-8-22-6-5-13(11)19-20-14/h3-4,7H,2,5-6,8H2,1H3,(H3,17,18,19,20,21). The molecule has 0 saturated carbocycles. The highest BCUT2D eigenvalue weighted by molar-refractivity contribution is 5.99. The summed E-state index contributed by atoms with van der Waals surface area (Å²) in [5, 5.41) is 12.2. The van der Waals surface area contributed by atoms with Crippen LogP contribution >= 0.6 is 0 Å². The van der Waals surface area contributed by atoms with Gasteiger partial charge in [-0.2, -0.15) is 5.10 Å². The third kappa shape index (κ3) is 2.94. The summed E-state index contributed by atoms with van der Waals surface area (Å²) in [4.78, 5) is 12.0. The second-order valence-corrected chi connectivity index (χ2v) is 5.07. The molecule has 0 bridgehead atoms. The molecule has 1 aliphatic rings. The van der Waals surface area contributed by atoms with Crippen LogP contribution in [0.1, 0.15) is 23.7 Å². The molecule has 0 saturated heterocycles. The van der Waals surface area contributed by atoms with Crippen LogP contribution < -0.4 is 10.6 Å². The second-order valence-electron chi connectivity index (χ2n) is 5.07. The number of fused-ring (bicyclic) bond motifs is 1. The van der Waals surface area contributed by atoms with Crippen molar-refractivity contribution in [2.75, 3.05) is 17.2 Å². The third-order valence-corrected chi connectivity index (χ3v) is 3.62. The van der Waals surface area contributed by atoms with Gasteiger partial charge in [-0.05, 0) is 24.1 Å². The molecule has 1 aromatic heterocycles. The number of anilines is 2. The number of hydrogen-bond acceptors (Lipinski definition) is 3. The Morgan fingerprint density at radius 2 is 2.32 bits per heavy atom. The first-order valence-electron chi connectivity index (χ1n) is 7.17. The largest absolute Gasteiger partial charge is 0.376 e. The zero-order chi connectivity index (χ0) is 15.5. The monoisotopic (exact) mass is 304 g/mol. The van der Waals surface area contributed by atoms with Crippen molar-refractivity contribution < 1.29 is 13.9 Å². The SMILES string of the molecule is CCc1ccc(NC(=O)Nc2n[nH]c3c2COCC3)cc1F. The molecule has 6 nitrogen and oxygen atoms in total. The number of ether oxygens (including phenoxy) is 1. The van der Waals surface area contributed by atoms with Crippen LogP contribution in [0.4, 0.5) is 20.7 Å². The number of aromatic amines is 1. The number of aryl methyl sites for hydroxylation is 1. The van der Waals surface area contributed by atoms with Gasteiger partial charge in [0, 0.05) is 23.4 Å². The summed E-state index contributed by atoms with van der Waals surface area (Å²) in [7, 11) is 0. The smallest absolute Gasteiger partial charge is 0.324 e. The molecule has 0 aliphatic carbocycles. The number of nitrogens with one attached hydrogen (secondary N) is 3. The molecule has 0 atom stereocenters. The van der Waals surface area contributed by atoms with Gasteiger partial charge in [-0.1, -0.05) is 13.0 Å². The Hall–Kier alpha value is -2.41. The van der Waals surface area contributed by atoms with Crippen molar-refractivity contribution in [3.8, 4) is 0 Å². The predicted molar refractivity (Wildman–Crippen MR) is 80.4 cm³/mol. The maximum Gasteiger partial charge on any atom is 0.324 e. The van der Waals surface area contributed by atoms with Gasteiger partial charge in [-0.15, -0.1) is 0 Å². The summed E-state index contributed by atoms with van der Waals surface area (Å²) < 4.78 is 19.1. The van der Waals surface area contributed by atoms with Crippen molar-refractivity contribution in [1.82, 2.24) is 10.2 Å². The summed E-state index contributed by atoms with van der Waals surface area (Å²) in [5.74, 6) is 0.115. The van der Waals surface area contributed by atoms with E-state index in [1.165, 1.54) is 6.07 Å². The van der Waals surface area contributed by atoms with Crippen molar-refractivity contribution in [2.24, 2.45) is 0 Å². The van der Waals surface area contributed by atoms with E-state index in [1.54, 1.807) is 12.1 Å². The van der Waals surface area contributed by atoms with Gasteiger partial charge in [0.1, 0.15) is 5.82 Å². The summed E-state index contributed by atoms with van der Waals surface area (Å²) in [5.41, 5.74) is 2.84. The van der Waals surface area contributed by atoms with Gasteiger partial charge in [-0.25, -0.2) is 9.18 Å². The van der Waals surface area contributed by atoms with Gasteiger partial charge in [0.05, 0.1) is 13.2 Å². The zero-order valence-electron chi connectivity index (χ0n) is 12.2. The Morgan fingerprint density at radius 1 is 1.45 bits per heavy atom. The number of urea groups is 1. The number of benzene rings is 1. The molecule has 0 radical (unpaired) electrons. The van der Waals surface area contributed by atoms with Crippen LogP contribution in [-0.4, -0.2) is 22.8 Å². The van der Waals surface area contributed by atoms with E-state index >= 15 is 0 Å². The summed E-state index contributed by atoms with van der Waals surface area (Å²) in [6.45, 7) is 2.94. The van der Waals surface area contributed by atoms with Gasteiger partial charge in [0.2, 0.25) is 0 Å². The van der Waals surface area contributed by atoms with Crippen molar-refractivity contribution >= 4 is 17.5 Å². The predicted octanol–water partition coefficient (Wildman–Crippen LogP) is 2.83. The first-order valence-corrected chi connectivity index (χ1v) is 7.17. The Balaban J connectivity index is 1.68. The van der Waals surface area contributed by atoms with E-state index in [0.29, 0.717) is 36.7 Å². The Morgan fingerprint density at radius 3 is 3.09 bits per heavy atom. The molecule has 0 fully saturated rings. The van der Waals surface area contributed by atoms with E-state index in [9.17, 15) is 9.18 Å². The zero-order valence-corrected chi connectivity index (χ0v) is 12.2. The highest BCUT2D eigenvalue weighted by Gasteiger charge is 2.18. The molecule has 1 aromatic carbocycles. The van der Waals surface area contributed by atoms with Crippen LogP contribution in [0.5, 0.6) is 0 Å². The molecule has 22 heavy (non-hydrogen) atoms. The van der Waals surface area contributed by atoms with Gasteiger partial charge in [-0.3, -0.25) is 10.4 Å². The number of H-pyrrole nitrogens is 1. The van der Waals surface area contributed by atoms with E-state index in [4.69, 9.17) is 4.74 Å². The Labute approximate surface area is 127 Å². The topological polar surface area (TPSA) is 79.0 Å². The molecule has 3 N–H and O–H groups in total. The molecular weight excluding hydrogens is 287 g/mol. The fraction of sp³-hybridized carbons (Fsp3) is 0.333. The van der Waals surface area contributed by atoms with E-state index in [2.05, 4.69) is 20.8 Å². The third-order valence-electron chi connectivity index (χ3n) is 3.62. The van der Waals surface area contributed by atoms with Crippen molar-refractivity contribution in [1.29, 1.82) is 0 Å². The number of hydrogen-bond donors (Lipinski definition) is 3. The molecule has 0 spiro atoms. The van der Waals surface area contributed by atoms with Crippen LogP contribution in [-0.2, 0) is 24.2 Å². The highest BCUT2D eigenvalue weighted by atomic mass is 19.1. The fourth-order valence-corrected chi connectivity index (χ4v) is 2.40. The lowest BCUT2D eigenvalue weighted by molar-refractivity contribution is 0.110. The van der Waals surface area contributed by atoms with Crippen LogP contribution in [0.15, 0.2) is 18.2 Å². The molecule has 116 valence electrons. The molecular formula is C15H17FN4O2. The molecule has 0 unspecified atom stereocenters. The molecule has 2 heterocycles. The average molecular weight is 304 g/mol. The van der Waals surface area contributed by atoms with Gasteiger partial charge < -0.3 is 10.1 Å². The van der Waals surface area contributed by atoms with Crippen LogP contribution in [0.2, 0.25) is 0 Å². The van der Waals surface area contributed by atoms with E-state index in [-0.39, 0.29) is 5.82 Å². The number of carbonyl (C=O) groups excluding carboxylic acids is 1. The number of aromatic nitrogens is 2. The number of carbonyl (C=O) groups is 1. The van der Waals surface area contributed by atoms with Crippen LogP contribution in [0.25, 0.3) is 0 Å². The summed E-state index contributed by atoms with van der Waals surface area (Å²) >= 11 is 0. The number of nitrogens with zero attached hydrogens (tertiary/aromatic N) is 1. The van der Waals surface area contributed by atoms with E-state index in [1.807, 2.05) is 6.92 Å². The van der Waals surface area contributed by atoms with Gasteiger partial charge >= 0.3 is 6.03 Å². The van der Waals surface area contributed by atoms with Crippen LogP contribution in [0, 0.1) is 5.82 Å². The highest BCUT2D eigenvalue weighted by Crippen LogP contribution is 2.22. The summed E-state index contributed by atoms with van der Waals surface area (Å²) in [6, 6.07) is 4.17. The minimum absolute atomic E-state index is 0.328. The minimum atomic E-state index is -0.469. The van der Waals surface area contributed by atoms with Gasteiger partial charge in [0.15, 0.2) is 5.82 Å². The van der Waals surface area contributed by atoms with E-state index < -0.39 is 6.03 Å². The van der Waals surface area contributed by atoms with Gasteiger partial charge in [0.25, 0.3) is 0 Å². The maximum absolute atomic E-state index is 13.7. The van der Waals surface area contributed by atoms with Crippen molar-refractivity contribution in [3.63, 3.8) is 0 Å². The quantitative estimate of drug-likeness (QED) is 0.816. The normalized spacial score (nSPS) is 13.5. The maximum atomic E-state index is 13.7. The van der Waals surface area contributed by atoms with Crippen molar-refractivity contribution in [3.05, 3.63) is 40.8 Å². The lowest BCUT2D eigenvalue weighted by Gasteiger charge is -2.13. The average Bonchev–Trinajstić information content (AvgIpc) is 2.91. The lowest BCUT2D eigenvalue weighted by Crippen LogP contribution is -2.21. The van der Waals surface area contributed by atoms with Crippen LogP contribution in [0.3, 0.4) is 0 Å². The second kappa shape index (κ2) is 6.15. The number of rotatable bonds is 3. The Kier molecular flexibility index (Phi) is 4.06. The first kappa shape index (κ1) is 14.5. The summed E-state index contributed by atoms with van der Waals surface area (Å²) in [6.07, 6.45) is 1.35.